The maximum absolute atomic E-state index is 11.3. The summed E-state index contributed by atoms with van der Waals surface area (Å²) in [5.41, 5.74) is 0.916. The van der Waals surface area contributed by atoms with Gasteiger partial charge >= 0.3 is 12.1 Å². The van der Waals surface area contributed by atoms with E-state index in [1.165, 1.54) is 12.2 Å². The van der Waals surface area contributed by atoms with Gasteiger partial charge in [-0.05, 0) is 12.5 Å². The van der Waals surface area contributed by atoms with Crippen molar-refractivity contribution in [3.05, 3.63) is 48.0 Å². The second-order valence-electron chi connectivity index (χ2n) is 3.60. The second-order valence-corrected chi connectivity index (χ2v) is 3.60. The lowest BCUT2D eigenvalue weighted by Crippen LogP contribution is -2.24. The lowest BCUT2D eigenvalue weighted by atomic mass is 10.2. The molecule has 0 saturated heterocycles. The number of ether oxygens (including phenoxy) is 2. The van der Waals surface area contributed by atoms with Crippen molar-refractivity contribution in [2.75, 3.05) is 13.2 Å². The molecule has 0 heterocycles. The summed E-state index contributed by atoms with van der Waals surface area (Å²) in [5.74, 6) is -0.429. The minimum atomic E-state index is -0.530. The van der Waals surface area contributed by atoms with E-state index in [9.17, 15) is 9.59 Å². The molecule has 1 amide bonds. The zero-order chi connectivity index (χ0) is 13.9. The molecule has 19 heavy (non-hydrogen) atoms. The van der Waals surface area contributed by atoms with Crippen LogP contribution in [0.15, 0.2) is 42.5 Å². The molecule has 0 saturated carbocycles. The van der Waals surface area contributed by atoms with Crippen molar-refractivity contribution in [1.82, 2.24) is 5.32 Å². The number of carbonyl (C=O) groups is 2. The fraction of sp³-hybridized carbons (Fsp3) is 0.286. The molecule has 1 aromatic carbocycles. The molecule has 0 radical (unpaired) electrons. The van der Waals surface area contributed by atoms with Crippen molar-refractivity contribution < 1.29 is 19.1 Å². The first-order valence-corrected chi connectivity index (χ1v) is 6.00. The maximum atomic E-state index is 11.3. The first-order chi connectivity index (χ1) is 9.22. The smallest absolute Gasteiger partial charge is 0.407 e. The lowest BCUT2D eigenvalue weighted by Gasteiger charge is -2.05. The minimum Gasteiger partial charge on any atom is -0.463 e. The molecule has 0 unspecified atom stereocenters. The number of carbonyl (C=O) groups excluding carboxylic acids is 2. The van der Waals surface area contributed by atoms with E-state index in [2.05, 4.69) is 10.1 Å². The van der Waals surface area contributed by atoms with E-state index in [1.54, 1.807) is 6.92 Å². The van der Waals surface area contributed by atoms with Crippen molar-refractivity contribution in [3.63, 3.8) is 0 Å². The Labute approximate surface area is 112 Å². The van der Waals surface area contributed by atoms with Gasteiger partial charge in [0.25, 0.3) is 0 Å². The van der Waals surface area contributed by atoms with Gasteiger partial charge in [-0.2, -0.15) is 0 Å². The fourth-order valence-electron chi connectivity index (χ4n) is 1.26. The molecule has 102 valence electrons. The van der Waals surface area contributed by atoms with Gasteiger partial charge in [-0.1, -0.05) is 36.4 Å². The average molecular weight is 263 g/mol. The highest BCUT2D eigenvalue weighted by atomic mass is 16.5. The van der Waals surface area contributed by atoms with Gasteiger partial charge in [-0.3, -0.25) is 0 Å². The number of hydrogen-bond acceptors (Lipinski definition) is 4. The SMILES string of the molecule is CCOC(=O)C=CCNC(=O)OCc1ccccc1. The van der Waals surface area contributed by atoms with Crippen molar-refractivity contribution in [1.29, 1.82) is 0 Å². The summed E-state index contributed by atoms with van der Waals surface area (Å²) in [6, 6.07) is 9.38. The van der Waals surface area contributed by atoms with Crippen LogP contribution >= 0.6 is 0 Å². The molecule has 0 aliphatic carbocycles. The van der Waals surface area contributed by atoms with Crippen LogP contribution in [0.25, 0.3) is 0 Å². The Kier molecular flexibility index (Phi) is 6.79. The number of nitrogens with one attached hydrogen (secondary N) is 1. The monoisotopic (exact) mass is 263 g/mol. The zero-order valence-electron chi connectivity index (χ0n) is 10.8. The molecule has 1 rings (SSSR count). The average Bonchev–Trinajstić information content (AvgIpc) is 2.43. The third-order valence-electron chi connectivity index (χ3n) is 2.12. The molecule has 5 heteroatoms. The number of amides is 1. The first-order valence-electron chi connectivity index (χ1n) is 6.00. The molecular weight excluding hydrogens is 246 g/mol. The van der Waals surface area contributed by atoms with E-state index >= 15 is 0 Å². The van der Waals surface area contributed by atoms with Gasteiger partial charge in [0.15, 0.2) is 0 Å². The van der Waals surface area contributed by atoms with Crippen molar-refractivity contribution in [2.24, 2.45) is 0 Å². The molecule has 0 aromatic heterocycles. The number of hydrogen-bond donors (Lipinski definition) is 1. The fourth-order valence-corrected chi connectivity index (χ4v) is 1.26. The van der Waals surface area contributed by atoms with Crippen LogP contribution in [0.1, 0.15) is 12.5 Å². The number of benzene rings is 1. The lowest BCUT2D eigenvalue weighted by molar-refractivity contribution is -0.137. The molecule has 1 N–H and O–H groups in total. The maximum Gasteiger partial charge on any atom is 0.407 e. The van der Waals surface area contributed by atoms with Gasteiger partial charge < -0.3 is 14.8 Å². The van der Waals surface area contributed by atoms with Gasteiger partial charge in [0.05, 0.1) is 6.61 Å². The predicted octanol–water partition coefficient (Wildman–Crippen LogP) is 2.03. The predicted molar refractivity (Wildman–Crippen MR) is 70.4 cm³/mol. The van der Waals surface area contributed by atoms with Crippen molar-refractivity contribution in [3.8, 4) is 0 Å². The third-order valence-corrected chi connectivity index (χ3v) is 2.12. The topological polar surface area (TPSA) is 64.6 Å². The highest BCUT2D eigenvalue weighted by Gasteiger charge is 2.00. The zero-order valence-corrected chi connectivity index (χ0v) is 10.8. The summed E-state index contributed by atoms with van der Waals surface area (Å²) in [6.07, 6.45) is 2.24. The summed E-state index contributed by atoms with van der Waals surface area (Å²) in [5, 5.41) is 2.49. The van der Waals surface area contributed by atoms with Crippen LogP contribution in [0.4, 0.5) is 4.79 Å². The molecule has 0 aliphatic heterocycles. The minimum absolute atomic E-state index is 0.215. The van der Waals surface area contributed by atoms with Crippen LogP contribution < -0.4 is 5.32 Å². The standard InChI is InChI=1S/C14H17NO4/c1-2-18-13(16)9-6-10-15-14(17)19-11-12-7-4-3-5-8-12/h3-9H,2,10-11H2,1H3,(H,15,17). The Bertz CT molecular complexity index is 428. The van der Waals surface area contributed by atoms with Gasteiger partial charge in [0.1, 0.15) is 6.61 Å². The summed E-state index contributed by atoms with van der Waals surface area (Å²) < 4.78 is 9.67. The van der Waals surface area contributed by atoms with Gasteiger partial charge in [-0.15, -0.1) is 0 Å². The number of alkyl carbamates (subject to hydrolysis) is 1. The van der Waals surface area contributed by atoms with E-state index in [1.807, 2.05) is 30.3 Å². The Balaban J connectivity index is 2.16. The molecular formula is C14H17NO4. The summed E-state index contributed by atoms with van der Waals surface area (Å²) >= 11 is 0. The summed E-state index contributed by atoms with van der Waals surface area (Å²) in [6.45, 7) is 2.49. The Morgan fingerprint density at radius 1 is 1.21 bits per heavy atom. The Morgan fingerprint density at radius 3 is 2.63 bits per heavy atom. The Morgan fingerprint density at radius 2 is 1.95 bits per heavy atom. The summed E-state index contributed by atoms with van der Waals surface area (Å²) in [7, 11) is 0. The second kappa shape index (κ2) is 8.74. The largest absolute Gasteiger partial charge is 0.463 e. The molecule has 0 aliphatic rings. The van der Waals surface area contributed by atoms with Crippen molar-refractivity contribution >= 4 is 12.1 Å². The molecule has 0 spiro atoms. The van der Waals surface area contributed by atoms with Gasteiger partial charge in [0, 0.05) is 12.6 Å². The molecule has 1 aromatic rings. The normalized spacial score (nSPS) is 10.2. The van der Waals surface area contributed by atoms with Crippen LogP contribution in [0, 0.1) is 0 Å². The van der Waals surface area contributed by atoms with E-state index in [0.29, 0.717) is 6.61 Å². The molecule has 0 atom stereocenters. The molecule has 5 nitrogen and oxygen atoms in total. The quantitative estimate of drug-likeness (QED) is 0.630. The number of rotatable bonds is 6. The van der Waals surface area contributed by atoms with Crippen LogP contribution in [0.3, 0.4) is 0 Å². The highest BCUT2D eigenvalue weighted by molar-refractivity contribution is 5.82. The van der Waals surface area contributed by atoms with E-state index in [-0.39, 0.29) is 13.2 Å². The van der Waals surface area contributed by atoms with Gasteiger partial charge in [0.2, 0.25) is 0 Å². The van der Waals surface area contributed by atoms with Crippen molar-refractivity contribution in [2.45, 2.75) is 13.5 Å². The van der Waals surface area contributed by atoms with Crippen LogP contribution in [-0.4, -0.2) is 25.2 Å². The van der Waals surface area contributed by atoms with Crippen LogP contribution in [-0.2, 0) is 20.9 Å². The van der Waals surface area contributed by atoms with E-state index < -0.39 is 12.1 Å². The van der Waals surface area contributed by atoms with Crippen LogP contribution in [0.2, 0.25) is 0 Å². The first kappa shape index (κ1) is 14.8. The Hall–Kier alpha value is -2.30. The summed E-state index contributed by atoms with van der Waals surface area (Å²) in [4.78, 5) is 22.2. The van der Waals surface area contributed by atoms with Crippen LogP contribution in [0.5, 0.6) is 0 Å². The van der Waals surface area contributed by atoms with E-state index in [4.69, 9.17) is 4.74 Å². The molecule has 0 bridgehead atoms. The number of esters is 1. The molecule has 0 fully saturated rings. The third kappa shape index (κ3) is 6.88. The van der Waals surface area contributed by atoms with Gasteiger partial charge in [-0.25, -0.2) is 9.59 Å². The van der Waals surface area contributed by atoms with E-state index in [0.717, 1.165) is 5.56 Å². The highest BCUT2D eigenvalue weighted by Crippen LogP contribution is 2.00.